The van der Waals surface area contributed by atoms with E-state index in [1.165, 1.54) is 22.3 Å². The van der Waals surface area contributed by atoms with Gasteiger partial charge in [0, 0.05) is 19.5 Å². The summed E-state index contributed by atoms with van der Waals surface area (Å²) in [5.41, 5.74) is 5.27. The lowest BCUT2D eigenvalue weighted by atomic mass is 9.90. The summed E-state index contributed by atoms with van der Waals surface area (Å²) in [4.78, 5) is 2.13. The number of hydrogen-bond acceptors (Lipinski definition) is 4. The van der Waals surface area contributed by atoms with Crippen molar-refractivity contribution in [1.82, 2.24) is 10.2 Å². The molecule has 0 amide bonds. The molecule has 4 rings (SSSR count). The Hall–Kier alpha value is -2.82. The fourth-order valence-electron chi connectivity index (χ4n) is 3.96. The van der Waals surface area contributed by atoms with Crippen LogP contribution >= 0.6 is 0 Å². The predicted molar refractivity (Wildman–Crippen MR) is 126 cm³/mol. The van der Waals surface area contributed by atoms with E-state index < -0.39 is 0 Å². The van der Waals surface area contributed by atoms with E-state index in [1.807, 2.05) is 6.07 Å². The first kappa shape index (κ1) is 21.4. The van der Waals surface area contributed by atoms with Crippen LogP contribution in [0.2, 0.25) is 0 Å². The maximum absolute atomic E-state index is 5.95. The molecule has 0 saturated heterocycles. The van der Waals surface area contributed by atoms with Gasteiger partial charge in [0.2, 0.25) is 0 Å². The van der Waals surface area contributed by atoms with Crippen LogP contribution in [0, 0.1) is 0 Å². The summed E-state index contributed by atoms with van der Waals surface area (Å²) in [5, 5.41) is 3.66. The van der Waals surface area contributed by atoms with Crippen LogP contribution in [0.15, 0.2) is 72.8 Å². The highest BCUT2D eigenvalue weighted by atomic mass is 16.5. The van der Waals surface area contributed by atoms with Crippen molar-refractivity contribution < 1.29 is 9.47 Å². The third-order valence-electron chi connectivity index (χ3n) is 5.69. The molecular formula is C27H32N2O2. The molecule has 0 aromatic heterocycles. The zero-order valence-electron chi connectivity index (χ0n) is 18.5. The number of benzene rings is 3. The number of ether oxygens (including phenoxy) is 2. The third-order valence-corrected chi connectivity index (χ3v) is 5.69. The summed E-state index contributed by atoms with van der Waals surface area (Å²) in [5.74, 6) is 1.88. The summed E-state index contributed by atoms with van der Waals surface area (Å²) in [6.45, 7) is 3.28. The van der Waals surface area contributed by atoms with E-state index in [2.05, 4.69) is 91.0 Å². The van der Waals surface area contributed by atoms with Crippen molar-refractivity contribution in [1.29, 1.82) is 0 Å². The molecule has 1 heterocycles. The lowest BCUT2D eigenvalue weighted by Gasteiger charge is -2.28. The minimum absolute atomic E-state index is 0.206. The molecule has 0 radical (unpaired) electrons. The molecule has 0 fully saturated rings. The molecule has 1 unspecified atom stereocenters. The van der Waals surface area contributed by atoms with Gasteiger partial charge >= 0.3 is 0 Å². The average Bonchev–Trinajstić information content (AvgIpc) is 2.79. The van der Waals surface area contributed by atoms with Crippen molar-refractivity contribution in [2.24, 2.45) is 0 Å². The van der Waals surface area contributed by atoms with E-state index in [0.29, 0.717) is 13.2 Å². The van der Waals surface area contributed by atoms with Crippen molar-refractivity contribution in [3.63, 3.8) is 0 Å². The number of rotatable bonds is 9. The Morgan fingerprint density at radius 2 is 1.61 bits per heavy atom. The molecule has 31 heavy (non-hydrogen) atoms. The first-order valence-electron chi connectivity index (χ1n) is 11.1. The van der Waals surface area contributed by atoms with E-state index in [1.54, 1.807) is 0 Å². The second kappa shape index (κ2) is 10.5. The topological polar surface area (TPSA) is 33.7 Å². The van der Waals surface area contributed by atoms with Crippen LogP contribution in [0.5, 0.6) is 11.5 Å². The first-order chi connectivity index (χ1) is 15.2. The van der Waals surface area contributed by atoms with Crippen LogP contribution in [0.3, 0.4) is 0 Å². The molecule has 4 heteroatoms. The van der Waals surface area contributed by atoms with Gasteiger partial charge in [0.05, 0.1) is 12.6 Å². The molecule has 0 bridgehead atoms. The van der Waals surface area contributed by atoms with Crippen molar-refractivity contribution in [2.45, 2.75) is 18.9 Å². The van der Waals surface area contributed by atoms with Gasteiger partial charge in [-0.2, -0.15) is 0 Å². The largest absolute Gasteiger partial charge is 0.493 e. The highest BCUT2D eigenvalue weighted by Gasteiger charge is 2.21. The molecule has 3 aromatic rings. The summed E-state index contributed by atoms with van der Waals surface area (Å²) in [7, 11) is 4.12. The molecule has 162 valence electrons. The Morgan fingerprint density at radius 1 is 0.871 bits per heavy atom. The van der Waals surface area contributed by atoms with Crippen molar-refractivity contribution in [3.8, 4) is 11.5 Å². The SMILES string of the molecule is CN(C)CCOc1ccc2c(c1)CCNC2c1ccc(OCCc2ccccc2)cc1. The van der Waals surface area contributed by atoms with E-state index >= 15 is 0 Å². The molecule has 1 N–H and O–H groups in total. The molecular weight excluding hydrogens is 384 g/mol. The number of nitrogens with zero attached hydrogens (tertiary/aromatic N) is 1. The van der Waals surface area contributed by atoms with Gasteiger partial charge in [-0.3, -0.25) is 0 Å². The van der Waals surface area contributed by atoms with Gasteiger partial charge in [-0.25, -0.2) is 0 Å². The summed E-state index contributed by atoms with van der Waals surface area (Å²) < 4.78 is 11.9. The van der Waals surface area contributed by atoms with E-state index in [9.17, 15) is 0 Å². The van der Waals surface area contributed by atoms with Gasteiger partial charge in [-0.15, -0.1) is 0 Å². The average molecular weight is 417 g/mol. The molecule has 3 aromatic carbocycles. The summed E-state index contributed by atoms with van der Waals surface area (Å²) >= 11 is 0. The second-order valence-corrected chi connectivity index (χ2v) is 8.30. The van der Waals surface area contributed by atoms with Crippen LogP contribution in [0.4, 0.5) is 0 Å². The van der Waals surface area contributed by atoms with Gasteiger partial charge < -0.3 is 19.7 Å². The van der Waals surface area contributed by atoms with Gasteiger partial charge in [-0.1, -0.05) is 48.5 Å². The minimum atomic E-state index is 0.206. The third kappa shape index (κ3) is 5.87. The number of hydrogen-bond donors (Lipinski definition) is 1. The minimum Gasteiger partial charge on any atom is -0.493 e. The van der Waals surface area contributed by atoms with Crippen molar-refractivity contribution in [2.75, 3.05) is 40.4 Å². The molecule has 0 aliphatic carbocycles. The van der Waals surface area contributed by atoms with Gasteiger partial charge in [0.25, 0.3) is 0 Å². The lowest BCUT2D eigenvalue weighted by Crippen LogP contribution is -2.30. The van der Waals surface area contributed by atoms with E-state index in [-0.39, 0.29) is 6.04 Å². The Bertz CT molecular complexity index is 955. The Kier molecular flexibility index (Phi) is 7.23. The van der Waals surface area contributed by atoms with Crippen LogP contribution in [-0.4, -0.2) is 45.3 Å². The van der Waals surface area contributed by atoms with Crippen molar-refractivity contribution in [3.05, 3.63) is 95.1 Å². The number of likely N-dealkylation sites (N-methyl/N-ethyl adjacent to an activating group) is 1. The van der Waals surface area contributed by atoms with Crippen LogP contribution < -0.4 is 14.8 Å². The van der Waals surface area contributed by atoms with Crippen LogP contribution in [0.25, 0.3) is 0 Å². The lowest BCUT2D eigenvalue weighted by molar-refractivity contribution is 0.261. The normalized spacial score (nSPS) is 15.5. The van der Waals surface area contributed by atoms with Crippen molar-refractivity contribution >= 4 is 0 Å². The maximum Gasteiger partial charge on any atom is 0.119 e. The maximum atomic E-state index is 5.95. The summed E-state index contributed by atoms with van der Waals surface area (Å²) in [6.07, 6.45) is 1.94. The second-order valence-electron chi connectivity index (χ2n) is 8.30. The standard InChI is InChI=1S/C27H32N2O2/c1-29(2)17-19-31-25-12-13-26-23(20-25)14-16-28-27(26)22-8-10-24(11-9-22)30-18-15-21-6-4-3-5-7-21/h3-13,20,27-28H,14-19H2,1-2H3. The van der Waals surface area contributed by atoms with E-state index in [0.717, 1.165) is 37.4 Å². The molecule has 1 atom stereocenters. The fourth-order valence-corrected chi connectivity index (χ4v) is 3.96. The zero-order valence-corrected chi connectivity index (χ0v) is 18.5. The fraction of sp³-hybridized carbons (Fsp3) is 0.333. The number of nitrogens with one attached hydrogen (secondary N) is 1. The number of fused-ring (bicyclic) bond motifs is 1. The Balaban J connectivity index is 1.37. The Labute approximate surface area is 185 Å². The smallest absolute Gasteiger partial charge is 0.119 e. The molecule has 1 aliphatic heterocycles. The van der Waals surface area contributed by atoms with Gasteiger partial charge in [0.1, 0.15) is 18.1 Å². The predicted octanol–water partition coefficient (Wildman–Crippen LogP) is 4.48. The monoisotopic (exact) mass is 416 g/mol. The molecule has 0 saturated carbocycles. The molecule has 1 aliphatic rings. The summed E-state index contributed by atoms with van der Waals surface area (Å²) in [6, 6.07) is 25.7. The Morgan fingerprint density at radius 3 is 2.39 bits per heavy atom. The molecule has 4 nitrogen and oxygen atoms in total. The first-order valence-corrected chi connectivity index (χ1v) is 11.1. The highest BCUT2D eigenvalue weighted by Crippen LogP contribution is 2.32. The van der Waals surface area contributed by atoms with Crippen LogP contribution in [-0.2, 0) is 12.8 Å². The highest BCUT2D eigenvalue weighted by molar-refractivity contribution is 5.44. The van der Waals surface area contributed by atoms with E-state index in [4.69, 9.17) is 9.47 Å². The molecule has 0 spiro atoms. The quantitative estimate of drug-likeness (QED) is 0.558. The van der Waals surface area contributed by atoms with Gasteiger partial charge in [0.15, 0.2) is 0 Å². The van der Waals surface area contributed by atoms with Gasteiger partial charge in [-0.05, 0) is 67.0 Å². The van der Waals surface area contributed by atoms with Crippen LogP contribution in [0.1, 0.15) is 28.3 Å². The zero-order chi connectivity index (χ0) is 21.5.